The highest BCUT2D eigenvalue weighted by Gasteiger charge is 2.28. The van der Waals surface area contributed by atoms with Crippen molar-refractivity contribution in [3.05, 3.63) is 89.1 Å². The molecule has 1 aliphatic rings. The van der Waals surface area contributed by atoms with Gasteiger partial charge in [0.2, 0.25) is 5.91 Å². The Bertz CT molecular complexity index is 1060. The van der Waals surface area contributed by atoms with E-state index in [1.807, 2.05) is 35.2 Å². The van der Waals surface area contributed by atoms with Gasteiger partial charge >= 0.3 is 0 Å². The number of hydrogen-bond donors (Lipinski definition) is 1. The number of nitrogens with one attached hydrogen (secondary N) is 1. The summed E-state index contributed by atoms with van der Waals surface area (Å²) in [6.45, 7) is 0.560. The Hall–Kier alpha value is -3.48. The second kappa shape index (κ2) is 10.9. The van der Waals surface area contributed by atoms with Gasteiger partial charge in [0.25, 0.3) is 5.91 Å². The van der Waals surface area contributed by atoms with E-state index in [1.54, 1.807) is 18.2 Å². The Morgan fingerprint density at radius 3 is 2.48 bits per heavy atom. The van der Waals surface area contributed by atoms with Crippen LogP contribution in [0, 0.1) is 5.82 Å². The van der Waals surface area contributed by atoms with Crippen molar-refractivity contribution in [1.29, 1.82) is 0 Å². The largest absolute Gasteiger partial charge is 0.359 e. The molecule has 1 heterocycles. The van der Waals surface area contributed by atoms with Gasteiger partial charge in [-0.25, -0.2) is 4.39 Å². The number of carbonyl (C=O) groups excluding carboxylic acids is 2. The molecule has 2 aromatic carbocycles. The van der Waals surface area contributed by atoms with Crippen LogP contribution in [0.2, 0.25) is 0 Å². The van der Waals surface area contributed by atoms with E-state index in [4.69, 9.17) is 4.52 Å². The van der Waals surface area contributed by atoms with Crippen LogP contribution in [0.1, 0.15) is 59.5 Å². The van der Waals surface area contributed by atoms with Crippen molar-refractivity contribution in [1.82, 2.24) is 15.4 Å². The quantitative estimate of drug-likeness (QED) is 0.516. The average molecular weight is 450 g/mol. The first kappa shape index (κ1) is 22.7. The van der Waals surface area contributed by atoms with E-state index in [0.29, 0.717) is 25.1 Å². The molecule has 1 N–H and O–H groups in total. The second-order valence-corrected chi connectivity index (χ2v) is 8.43. The molecule has 7 heteroatoms. The zero-order valence-corrected chi connectivity index (χ0v) is 18.5. The van der Waals surface area contributed by atoms with Crippen LogP contribution in [0.5, 0.6) is 0 Å². The molecule has 0 radical (unpaired) electrons. The van der Waals surface area contributed by atoms with Crippen LogP contribution >= 0.6 is 0 Å². The van der Waals surface area contributed by atoms with Crippen molar-refractivity contribution >= 4 is 11.8 Å². The number of halogens is 1. The molecular weight excluding hydrogens is 421 g/mol. The van der Waals surface area contributed by atoms with Crippen LogP contribution in [0.3, 0.4) is 0 Å². The summed E-state index contributed by atoms with van der Waals surface area (Å²) in [7, 11) is 0. The summed E-state index contributed by atoms with van der Waals surface area (Å²) >= 11 is 0. The summed E-state index contributed by atoms with van der Waals surface area (Å²) in [5, 5.41) is 6.64. The van der Waals surface area contributed by atoms with Crippen LogP contribution in [0.15, 0.2) is 65.2 Å². The molecule has 0 saturated heterocycles. The first-order valence-electron chi connectivity index (χ1n) is 11.4. The lowest BCUT2D eigenvalue weighted by Crippen LogP contribution is -2.38. The molecule has 33 heavy (non-hydrogen) atoms. The Morgan fingerprint density at radius 1 is 1.03 bits per heavy atom. The number of hydrogen-bond acceptors (Lipinski definition) is 4. The SMILES string of the molecule is O=C(NCc1ccc(F)cc1)c1cc(CN(C(=O)CCc2ccccc2)C2CCCC2)on1. The third kappa shape index (κ3) is 6.28. The topological polar surface area (TPSA) is 75.4 Å². The first-order valence-corrected chi connectivity index (χ1v) is 11.4. The maximum atomic E-state index is 13.1. The molecule has 3 aromatic rings. The number of amides is 2. The minimum absolute atomic E-state index is 0.0875. The molecule has 0 atom stereocenters. The van der Waals surface area contributed by atoms with E-state index in [1.165, 1.54) is 12.1 Å². The highest BCUT2D eigenvalue weighted by atomic mass is 19.1. The van der Waals surface area contributed by atoms with E-state index in [-0.39, 0.29) is 35.9 Å². The Balaban J connectivity index is 1.36. The maximum Gasteiger partial charge on any atom is 0.273 e. The van der Waals surface area contributed by atoms with Gasteiger partial charge < -0.3 is 14.7 Å². The molecule has 6 nitrogen and oxygen atoms in total. The summed E-state index contributed by atoms with van der Waals surface area (Å²) < 4.78 is 18.4. The van der Waals surface area contributed by atoms with E-state index >= 15 is 0 Å². The summed E-state index contributed by atoms with van der Waals surface area (Å²) in [5.41, 5.74) is 2.08. The summed E-state index contributed by atoms with van der Waals surface area (Å²) in [6.07, 6.45) is 5.31. The first-order chi connectivity index (χ1) is 16.1. The van der Waals surface area contributed by atoms with Crippen molar-refractivity contribution in [3.63, 3.8) is 0 Å². The van der Waals surface area contributed by atoms with Gasteiger partial charge in [0.15, 0.2) is 11.5 Å². The van der Waals surface area contributed by atoms with Crippen molar-refractivity contribution in [2.75, 3.05) is 0 Å². The number of carbonyl (C=O) groups is 2. The Morgan fingerprint density at radius 2 is 1.76 bits per heavy atom. The number of rotatable bonds is 9. The van der Waals surface area contributed by atoms with Gasteiger partial charge in [0.1, 0.15) is 5.82 Å². The fourth-order valence-electron chi connectivity index (χ4n) is 4.21. The van der Waals surface area contributed by atoms with E-state index in [9.17, 15) is 14.0 Å². The molecule has 0 unspecified atom stereocenters. The molecule has 0 aliphatic heterocycles. The lowest BCUT2D eigenvalue weighted by molar-refractivity contribution is -0.134. The van der Waals surface area contributed by atoms with Crippen molar-refractivity contribution < 1.29 is 18.5 Å². The molecule has 2 amide bonds. The fraction of sp³-hybridized carbons (Fsp3) is 0.346. The standard InChI is InChI=1S/C26H28FN3O3/c27-21-13-10-20(11-14-21)17-28-26(32)24-16-23(33-29-24)18-30(22-8-4-5-9-22)25(31)15-12-19-6-2-1-3-7-19/h1-3,6-7,10-11,13-14,16,22H,4-5,8-9,12,15,17-18H2,(H,28,32). The fourth-order valence-corrected chi connectivity index (χ4v) is 4.21. The minimum atomic E-state index is -0.378. The molecule has 4 rings (SSSR count). The van der Waals surface area contributed by atoms with Gasteiger partial charge in [0.05, 0.1) is 6.54 Å². The van der Waals surface area contributed by atoms with Gasteiger partial charge in [-0.05, 0) is 42.5 Å². The van der Waals surface area contributed by atoms with Crippen LogP contribution in [0.4, 0.5) is 4.39 Å². The van der Waals surface area contributed by atoms with Crippen molar-refractivity contribution in [2.45, 2.75) is 57.7 Å². The molecule has 1 fully saturated rings. The van der Waals surface area contributed by atoms with Gasteiger partial charge in [0, 0.05) is 25.1 Å². The van der Waals surface area contributed by atoms with Gasteiger partial charge in [-0.1, -0.05) is 60.5 Å². The third-order valence-corrected chi connectivity index (χ3v) is 6.04. The third-order valence-electron chi connectivity index (χ3n) is 6.04. The molecular formula is C26H28FN3O3. The number of benzene rings is 2. The Labute approximate surface area is 192 Å². The van der Waals surface area contributed by atoms with Crippen LogP contribution in [0.25, 0.3) is 0 Å². The monoisotopic (exact) mass is 449 g/mol. The zero-order chi connectivity index (χ0) is 23.0. The summed E-state index contributed by atoms with van der Waals surface area (Å²) in [4.78, 5) is 27.4. The number of nitrogens with zero attached hydrogens (tertiary/aromatic N) is 2. The molecule has 1 aliphatic carbocycles. The van der Waals surface area contributed by atoms with Crippen LogP contribution in [-0.2, 0) is 24.3 Å². The second-order valence-electron chi connectivity index (χ2n) is 8.43. The van der Waals surface area contributed by atoms with Crippen LogP contribution in [-0.4, -0.2) is 27.9 Å². The highest BCUT2D eigenvalue weighted by molar-refractivity contribution is 5.92. The van der Waals surface area contributed by atoms with Crippen LogP contribution < -0.4 is 5.32 Å². The Kier molecular flexibility index (Phi) is 7.50. The summed E-state index contributed by atoms with van der Waals surface area (Å²) in [5.74, 6) is -0.125. The predicted molar refractivity (Wildman–Crippen MR) is 122 cm³/mol. The van der Waals surface area contributed by atoms with E-state index in [2.05, 4.69) is 10.5 Å². The molecule has 1 aromatic heterocycles. The van der Waals surface area contributed by atoms with E-state index in [0.717, 1.165) is 36.8 Å². The zero-order valence-electron chi connectivity index (χ0n) is 18.5. The predicted octanol–water partition coefficient (Wildman–Crippen LogP) is 4.65. The highest BCUT2D eigenvalue weighted by Crippen LogP contribution is 2.26. The van der Waals surface area contributed by atoms with Gasteiger partial charge in [-0.2, -0.15) is 0 Å². The summed E-state index contributed by atoms with van der Waals surface area (Å²) in [6, 6.07) is 17.7. The lowest BCUT2D eigenvalue weighted by Gasteiger charge is -2.28. The number of aryl methyl sites for hydroxylation is 1. The van der Waals surface area contributed by atoms with Gasteiger partial charge in [-0.15, -0.1) is 0 Å². The molecule has 1 saturated carbocycles. The van der Waals surface area contributed by atoms with Crippen molar-refractivity contribution in [3.8, 4) is 0 Å². The smallest absolute Gasteiger partial charge is 0.273 e. The number of aromatic nitrogens is 1. The molecule has 0 bridgehead atoms. The normalized spacial score (nSPS) is 13.7. The lowest BCUT2D eigenvalue weighted by atomic mass is 10.1. The van der Waals surface area contributed by atoms with E-state index < -0.39 is 0 Å². The average Bonchev–Trinajstić information content (AvgIpc) is 3.53. The maximum absolute atomic E-state index is 13.1. The minimum Gasteiger partial charge on any atom is -0.359 e. The van der Waals surface area contributed by atoms with Crippen molar-refractivity contribution in [2.24, 2.45) is 0 Å². The molecule has 0 spiro atoms. The van der Waals surface area contributed by atoms with Gasteiger partial charge in [-0.3, -0.25) is 9.59 Å². The molecule has 172 valence electrons.